The lowest BCUT2D eigenvalue weighted by Gasteiger charge is -2.09. The molecule has 0 saturated carbocycles. The summed E-state index contributed by atoms with van der Waals surface area (Å²) in [6, 6.07) is 8.68. The van der Waals surface area contributed by atoms with Crippen molar-refractivity contribution in [2.24, 2.45) is 0 Å². The maximum absolute atomic E-state index is 12.0. The van der Waals surface area contributed by atoms with Crippen molar-refractivity contribution in [3.63, 3.8) is 0 Å². The minimum atomic E-state index is -3.39. The molecule has 1 aromatic carbocycles. The zero-order chi connectivity index (χ0) is 14.6. The zero-order valence-electron chi connectivity index (χ0n) is 11.2. The molecule has 2 rings (SSSR count). The number of sulfonamides is 1. The zero-order valence-corrected chi connectivity index (χ0v) is 12.0. The fourth-order valence-electron chi connectivity index (χ4n) is 1.84. The normalized spacial score (nSPS) is 11.4. The topological polar surface area (TPSA) is 85.1 Å². The second-order valence-corrected chi connectivity index (χ2v) is 6.43. The van der Waals surface area contributed by atoms with E-state index in [0.29, 0.717) is 11.3 Å². The number of hydrogen-bond donors (Lipinski definition) is 2. The van der Waals surface area contributed by atoms with E-state index in [1.165, 1.54) is 0 Å². The van der Waals surface area contributed by atoms with Crippen molar-refractivity contribution in [2.45, 2.75) is 19.2 Å². The number of benzene rings is 1. The minimum absolute atomic E-state index is 0.0812. The van der Waals surface area contributed by atoms with Crippen LogP contribution in [0.1, 0.15) is 16.7 Å². The van der Waals surface area contributed by atoms with E-state index in [9.17, 15) is 8.42 Å². The summed E-state index contributed by atoms with van der Waals surface area (Å²) in [7, 11) is -3.39. The van der Waals surface area contributed by atoms with Crippen LogP contribution in [0.4, 0.5) is 5.69 Å². The molecule has 1 heterocycles. The Morgan fingerprint density at radius 2 is 2.10 bits per heavy atom. The van der Waals surface area contributed by atoms with Crippen molar-refractivity contribution in [1.82, 2.24) is 9.71 Å². The van der Waals surface area contributed by atoms with Gasteiger partial charge in [0.2, 0.25) is 10.0 Å². The summed E-state index contributed by atoms with van der Waals surface area (Å²) < 4.78 is 26.6. The number of hydrogen-bond acceptors (Lipinski definition) is 4. The van der Waals surface area contributed by atoms with Crippen LogP contribution in [0.25, 0.3) is 0 Å². The highest BCUT2D eigenvalue weighted by Crippen LogP contribution is 2.11. The largest absolute Gasteiger partial charge is 0.399 e. The Morgan fingerprint density at radius 1 is 1.30 bits per heavy atom. The van der Waals surface area contributed by atoms with Gasteiger partial charge in [0.1, 0.15) is 0 Å². The summed E-state index contributed by atoms with van der Waals surface area (Å²) in [4.78, 5) is 3.98. The highest BCUT2D eigenvalue weighted by Gasteiger charge is 2.12. The second kappa shape index (κ2) is 6.02. The first kappa shape index (κ1) is 14.5. The third-order valence-corrected chi connectivity index (χ3v) is 4.22. The van der Waals surface area contributed by atoms with E-state index in [1.54, 1.807) is 42.7 Å². The summed E-state index contributed by atoms with van der Waals surface area (Å²) in [6.07, 6.45) is 3.36. The molecule has 0 amide bonds. The lowest BCUT2D eigenvalue weighted by Crippen LogP contribution is -2.25. The Bertz CT molecular complexity index is 699. The molecule has 2 aromatic rings. The molecule has 0 atom stereocenters. The van der Waals surface area contributed by atoms with Gasteiger partial charge in [0, 0.05) is 24.6 Å². The van der Waals surface area contributed by atoms with Crippen LogP contribution in [-0.4, -0.2) is 13.4 Å². The monoisotopic (exact) mass is 291 g/mol. The highest BCUT2D eigenvalue weighted by molar-refractivity contribution is 7.88. The molecule has 5 nitrogen and oxygen atoms in total. The van der Waals surface area contributed by atoms with Gasteiger partial charge in [-0.15, -0.1) is 0 Å². The Kier molecular flexibility index (Phi) is 4.36. The van der Waals surface area contributed by atoms with Crippen LogP contribution in [0.15, 0.2) is 42.7 Å². The van der Waals surface area contributed by atoms with Crippen molar-refractivity contribution in [3.05, 3.63) is 59.4 Å². The minimum Gasteiger partial charge on any atom is -0.399 e. The first-order valence-corrected chi connectivity index (χ1v) is 7.83. The standard InChI is InChI=1S/C14H17N3O2S/c1-11-8-16-6-5-13(11)9-17-20(18,19)10-12-3-2-4-14(15)7-12/h2-8,17H,9-10,15H2,1H3. The van der Waals surface area contributed by atoms with Gasteiger partial charge in [0.25, 0.3) is 0 Å². The van der Waals surface area contributed by atoms with E-state index in [-0.39, 0.29) is 12.3 Å². The molecular weight excluding hydrogens is 274 g/mol. The summed E-state index contributed by atoms with van der Waals surface area (Å²) in [5.41, 5.74) is 8.74. The number of aryl methyl sites for hydroxylation is 1. The molecule has 1 aromatic heterocycles. The number of aromatic nitrogens is 1. The van der Waals surface area contributed by atoms with Crippen LogP contribution >= 0.6 is 0 Å². The molecule has 0 saturated heterocycles. The molecule has 20 heavy (non-hydrogen) atoms. The smallest absolute Gasteiger partial charge is 0.216 e. The van der Waals surface area contributed by atoms with Crippen molar-refractivity contribution >= 4 is 15.7 Å². The van der Waals surface area contributed by atoms with Gasteiger partial charge in [0.05, 0.1) is 5.75 Å². The quantitative estimate of drug-likeness (QED) is 0.819. The van der Waals surface area contributed by atoms with Gasteiger partial charge in [-0.3, -0.25) is 4.98 Å². The number of nitrogens with one attached hydrogen (secondary N) is 1. The Morgan fingerprint density at radius 3 is 2.80 bits per heavy atom. The molecular formula is C14H17N3O2S. The lowest BCUT2D eigenvalue weighted by atomic mass is 10.2. The molecule has 0 aliphatic rings. The summed E-state index contributed by atoms with van der Waals surface area (Å²) in [5.74, 6) is -0.0812. The summed E-state index contributed by atoms with van der Waals surface area (Å²) >= 11 is 0. The molecule has 0 fully saturated rings. The van der Waals surface area contributed by atoms with E-state index in [0.717, 1.165) is 11.1 Å². The predicted molar refractivity (Wildman–Crippen MR) is 79.3 cm³/mol. The number of nitrogens with two attached hydrogens (primary N) is 1. The number of rotatable bonds is 5. The summed E-state index contributed by atoms with van der Waals surface area (Å²) in [6.45, 7) is 2.16. The van der Waals surface area contributed by atoms with Crippen LogP contribution in [0.3, 0.4) is 0 Å². The van der Waals surface area contributed by atoms with Gasteiger partial charge in [-0.1, -0.05) is 12.1 Å². The highest BCUT2D eigenvalue weighted by atomic mass is 32.2. The molecule has 6 heteroatoms. The van der Waals surface area contributed by atoms with Gasteiger partial charge in [-0.25, -0.2) is 13.1 Å². The van der Waals surface area contributed by atoms with E-state index < -0.39 is 10.0 Å². The van der Waals surface area contributed by atoms with Crippen LogP contribution in [-0.2, 0) is 22.3 Å². The van der Waals surface area contributed by atoms with Crippen LogP contribution in [0, 0.1) is 6.92 Å². The first-order chi connectivity index (χ1) is 9.46. The maximum Gasteiger partial charge on any atom is 0.216 e. The molecule has 0 aliphatic heterocycles. The van der Waals surface area contributed by atoms with E-state index in [1.807, 2.05) is 6.92 Å². The SMILES string of the molecule is Cc1cnccc1CNS(=O)(=O)Cc1cccc(N)c1. The number of nitrogens with zero attached hydrogens (tertiary/aromatic N) is 1. The summed E-state index contributed by atoms with van der Waals surface area (Å²) in [5, 5.41) is 0. The fourth-order valence-corrected chi connectivity index (χ4v) is 2.94. The average Bonchev–Trinajstić information content (AvgIpc) is 2.37. The number of anilines is 1. The maximum atomic E-state index is 12.0. The Hall–Kier alpha value is -1.92. The Labute approximate surface area is 118 Å². The van der Waals surface area contributed by atoms with Gasteiger partial charge in [-0.2, -0.15) is 0 Å². The third-order valence-electron chi connectivity index (χ3n) is 2.93. The van der Waals surface area contributed by atoms with Gasteiger partial charge in [0.15, 0.2) is 0 Å². The molecule has 0 bridgehead atoms. The molecule has 0 radical (unpaired) electrons. The fraction of sp³-hybridized carbons (Fsp3) is 0.214. The van der Waals surface area contributed by atoms with E-state index >= 15 is 0 Å². The average molecular weight is 291 g/mol. The van der Waals surface area contributed by atoms with Crippen LogP contribution in [0.5, 0.6) is 0 Å². The van der Waals surface area contributed by atoms with Gasteiger partial charge >= 0.3 is 0 Å². The van der Waals surface area contributed by atoms with Crippen LogP contribution in [0.2, 0.25) is 0 Å². The first-order valence-electron chi connectivity index (χ1n) is 6.17. The Balaban J connectivity index is 2.03. The van der Waals surface area contributed by atoms with E-state index in [4.69, 9.17) is 5.73 Å². The number of nitrogen functional groups attached to an aromatic ring is 1. The van der Waals surface area contributed by atoms with Crippen LogP contribution < -0.4 is 10.5 Å². The van der Waals surface area contributed by atoms with Gasteiger partial charge in [-0.05, 0) is 41.8 Å². The van der Waals surface area contributed by atoms with Crippen molar-refractivity contribution in [3.8, 4) is 0 Å². The number of pyridine rings is 1. The van der Waals surface area contributed by atoms with E-state index in [2.05, 4.69) is 9.71 Å². The van der Waals surface area contributed by atoms with Crippen molar-refractivity contribution in [1.29, 1.82) is 0 Å². The van der Waals surface area contributed by atoms with Crippen molar-refractivity contribution in [2.75, 3.05) is 5.73 Å². The molecule has 3 N–H and O–H groups in total. The molecule has 0 spiro atoms. The molecule has 0 unspecified atom stereocenters. The lowest BCUT2D eigenvalue weighted by molar-refractivity contribution is 0.580. The molecule has 0 aliphatic carbocycles. The van der Waals surface area contributed by atoms with Crippen molar-refractivity contribution < 1.29 is 8.42 Å². The predicted octanol–water partition coefficient (Wildman–Crippen LogP) is 1.59. The second-order valence-electron chi connectivity index (χ2n) is 4.63. The molecule has 106 valence electrons. The third kappa shape index (κ3) is 4.04. The van der Waals surface area contributed by atoms with Gasteiger partial charge < -0.3 is 5.73 Å².